The normalized spacial score (nSPS) is 13.2. The smallest absolute Gasteiger partial charge is 0.310 e. The van der Waals surface area contributed by atoms with Crippen molar-refractivity contribution in [1.29, 1.82) is 0 Å². The molecule has 0 saturated heterocycles. The first-order valence-electron chi connectivity index (χ1n) is 10.5. The predicted molar refractivity (Wildman–Crippen MR) is 122 cm³/mol. The second kappa shape index (κ2) is 6.97. The summed E-state index contributed by atoms with van der Waals surface area (Å²) < 4.78 is 4.75. The molecule has 5 rings (SSSR count). The zero-order valence-electron chi connectivity index (χ0n) is 18.2. The maximum atomic E-state index is 13.5. The van der Waals surface area contributed by atoms with Crippen LogP contribution in [-0.4, -0.2) is 25.2 Å². The molecule has 0 aliphatic carbocycles. The third-order valence-electron chi connectivity index (χ3n) is 6.39. The second-order valence-corrected chi connectivity index (χ2v) is 8.32. The van der Waals surface area contributed by atoms with Gasteiger partial charge in [0.1, 0.15) is 0 Å². The summed E-state index contributed by atoms with van der Waals surface area (Å²) in [6.07, 6.45) is 0. The number of nitrogens with zero attached hydrogens (tertiary/aromatic N) is 5. The van der Waals surface area contributed by atoms with Crippen LogP contribution < -0.4 is 16.1 Å². The lowest BCUT2D eigenvalue weighted by atomic mass is 10.1. The van der Waals surface area contributed by atoms with Gasteiger partial charge in [0.05, 0.1) is 6.54 Å². The molecule has 4 aromatic rings. The van der Waals surface area contributed by atoms with Gasteiger partial charge in [0, 0.05) is 25.8 Å². The molecule has 0 N–H and O–H groups in total. The van der Waals surface area contributed by atoms with Crippen molar-refractivity contribution in [3.05, 3.63) is 85.6 Å². The number of rotatable bonds is 3. The van der Waals surface area contributed by atoms with Gasteiger partial charge in [-0.05, 0) is 55.2 Å². The van der Waals surface area contributed by atoms with Gasteiger partial charge in [-0.25, -0.2) is 4.79 Å². The van der Waals surface area contributed by atoms with Crippen molar-refractivity contribution in [2.45, 2.75) is 33.9 Å². The van der Waals surface area contributed by atoms with E-state index >= 15 is 0 Å². The fourth-order valence-electron chi connectivity index (χ4n) is 4.31. The Morgan fingerprint density at radius 1 is 0.935 bits per heavy atom. The van der Waals surface area contributed by atoms with Crippen LogP contribution in [0, 0.1) is 20.8 Å². The van der Waals surface area contributed by atoms with E-state index in [0.717, 1.165) is 23.4 Å². The minimum absolute atomic E-state index is 0.246. The van der Waals surface area contributed by atoms with Crippen LogP contribution in [0.15, 0.2) is 52.1 Å². The molecule has 0 unspecified atom stereocenters. The molecule has 0 radical (unpaired) electrons. The molecule has 0 spiro atoms. The fraction of sp³-hybridized carbons (Fsp3) is 0.292. The molecular weight excluding hydrogens is 390 g/mol. The highest BCUT2D eigenvalue weighted by molar-refractivity contribution is 5.78. The maximum absolute atomic E-state index is 13.5. The van der Waals surface area contributed by atoms with Crippen LogP contribution >= 0.6 is 0 Å². The number of aromatic nitrogens is 4. The molecule has 1 aliphatic rings. The van der Waals surface area contributed by atoms with Crippen LogP contribution in [0.1, 0.15) is 22.3 Å². The molecule has 2 aromatic carbocycles. The quantitative estimate of drug-likeness (QED) is 0.516. The Morgan fingerprint density at radius 3 is 2.45 bits per heavy atom. The van der Waals surface area contributed by atoms with Crippen LogP contribution in [0.3, 0.4) is 0 Å². The minimum Gasteiger partial charge on any atom is -0.310 e. The molecular formula is C24H25N5O2. The van der Waals surface area contributed by atoms with E-state index in [-0.39, 0.29) is 17.8 Å². The van der Waals surface area contributed by atoms with Gasteiger partial charge in [-0.15, -0.1) is 0 Å². The third kappa shape index (κ3) is 2.91. The Labute approximate surface area is 179 Å². The van der Waals surface area contributed by atoms with Crippen molar-refractivity contribution in [3.63, 3.8) is 0 Å². The van der Waals surface area contributed by atoms with Crippen LogP contribution in [-0.2, 0) is 20.1 Å². The Morgan fingerprint density at radius 2 is 1.71 bits per heavy atom. The van der Waals surface area contributed by atoms with Gasteiger partial charge in [-0.2, -0.15) is 4.98 Å². The zero-order valence-corrected chi connectivity index (χ0v) is 18.2. The molecule has 0 atom stereocenters. The van der Waals surface area contributed by atoms with Crippen molar-refractivity contribution >= 4 is 22.8 Å². The topological polar surface area (TPSA) is 65.1 Å². The van der Waals surface area contributed by atoms with Gasteiger partial charge < -0.3 is 9.47 Å². The van der Waals surface area contributed by atoms with Crippen molar-refractivity contribution < 1.29 is 0 Å². The van der Waals surface area contributed by atoms with Crippen LogP contribution in [0.25, 0.3) is 11.2 Å². The van der Waals surface area contributed by atoms with E-state index in [4.69, 9.17) is 4.98 Å². The molecule has 1 aliphatic heterocycles. The van der Waals surface area contributed by atoms with Gasteiger partial charge >= 0.3 is 5.69 Å². The van der Waals surface area contributed by atoms with Gasteiger partial charge in [-0.1, -0.05) is 30.3 Å². The van der Waals surface area contributed by atoms with E-state index in [1.165, 1.54) is 20.3 Å². The molecule has 7 heteroatoms. The summed E-state index contributed by atoms with van der Waals surface area (Å²) in [7, 11) is 1.68. The first-order chi connectivity index (χ1) is 14.9. The van der Waals surface area contributed by atoms with Crippen molar-refractivity contribution in [2.24, 2.45) is 7.05 Å². The second-order valence-electron chi connectivity index (χ2n) is 8.32. The molecule has 0 amide bonds. The summed E-state index contributed by atoms with van der Waals surface area (Å²) in [6, 6.07) is 14.1. The third-order valence-corrected chi connectivity index (χ3v) is 6.39. The average molecular weight is 415 g/mol. The highest BCUT2D eigenvalue weighted by Crippen LogP contribution is 2.32. The number of hydrogen-bond donors (Lipinski definition) is 0. The van der Waals surface area contributed by atoms with Crippen LogP contribution in [0.5, 0.6) is 0 Å². The largest absolute Gasteiger partial charge is 0.332 e. The number of anilines is 2. The molecule has 2 aromatic heterocycles. The van der Waals surface area contributed by atoms with E-state index in [1.54, 1.807) is 7.05 Å². The lowest BCUT2D eigenvalue weighted by Gasteiger charge is -2.17. The summed E-state index contributed by atoms with van der Waals surface area (Å²) in [4.78, 5) is 33.3. The van der Waals surface area contributed by atoms with E-state index in [0.29, 0.717) is 23.7 Å². The SMILES string of the molecule is Cc1ccc(N2CCn3c2nc2c3c(=O)n(Cc3ccccc3C)c(=O)n2C)cc1C. The van der Waals surface area contributed by atoms with Crippen molar-refractivity contribution in [1.82, 2.24) is 18.7 Å². The molecule has 3 heterocycles. The summed E-state index contributed by atoms with van der Waals surface area (Å²) in [5.74, 6) is 0.707. The fourth-order valence-corrected chi connectivity index (χ4v) is 4.31. The molecule has 0 saturated carbocycles. The summed E-state index contributed by atoms with van der Waals surface area (Å²) in [5.41, 5.74) is 5.77. The van der Waals surface area contributed by atoms with Crippen LogP contribution in [0.4, 0.5) is 11.6 Å². The lowest BCUT2D eigenvalue weighted by molar-refractivity contribution is 0.650. The Bertz CT molecular complexity index is 1460. The Hall–Kier alpha value is -3.61. The monoisotopic (exact) mass is 415 g/mol. The Balaban J connectivity index is 1.68. The standard InChI is InChI=1S/C24H25N5O2/c1-15-9-10-19(13-17(15)3)27-11-12-28-20-21(25-23(27)28)26(4)24(31)29(22(20)30)14-18-8-6-5-7-16(18)2/h5-10,13H,11-12,14H2,1-4H3. The number of hydrogen-bond acceptors (Lipinski definition) is 4. The molecule has 7 nitrogen and oxygen atoms in total. The Kier molecular flexibility index (Phi) is 4.36. The summed E-state index contributed by atoms with van der Waals surface area (Å²) in [5, 5.41) is 0. The first-order valence-corrected chi connectivity index (χ1v) is 10.5. The minimum atomic E-state index is -0.352. The number of benzene rings is 2. The van der Waals surface area contributed by atoms with Crippen molar-refractivity contribution in [3.8, 4) is 0 Å². The number of imidazole rings is 1. The molecule has 158 valence electrons. The molecule has 31 heavy (non-hydrogen) atoms. The summed E-state index contributed by atoms with van der Waals surface area (Å²) >= 11 is 0. The van der Waals surface area contributed by atoms with Gasteiger partial charge in [0.2, 0.25) is 5.95 Å². The predicted octanol–water partition coefficient (Wildman–Crippen LogP) is 3.02. The highest BCUT2D eigenvalue weighted by atomic mass is 16.2. The van der Waals surface area contributed by atoms with E-state index in [9.17, 15) is 9.59 Å². The van der Waals surface area contributed by atoms with Gasteiger partial charge in [0.25, 0.3) is 5.56 Å². The van der Waals surface area contributed by atoms with E-state index in [1.807, 2.05) is 35.8 Å². The highest BCUT2D eigenvalue weighted by Gasteiger charge is 2.29. The van der Waals surface area contributed by atoms with Crippen LogP contribution in [0.2, 0.25) is 0 Å². The number of fused-ring (bicyclic) bond motifs is 3. The van der Waals surface area contributed by atoms with E-state index < -0.39 is 0 Å². The zero-order chi connectivity index (χ0) is 21.9. The average Bonchev–Trinajstić information content (AvgIpc) is 3.32. The van der Waals surface area contributed by atoms with Gasteiger partial charge in [-0.3, -0.25) is 13.9 Å². The van der Waals surface area contributed by atoms with Crippen molar-refractivity contribution in [2.75, 3.05) is 11.4 Å². The lowest BCUT2D eigenvalue weighted by Crippen LogP contribution is -2.40. The maximum Gasteiger partial charge on any atom is 0.332 e. The van der Waals surface area contributed by atoms with E-state index in [2.05, 4.69) is 36.9 Å². The summed E-state index contributed by atoms with van der Waals surface area (Å²) in [6.45, 7) is 7.80. The van der Waals surface area contributed by atoms with Gasteiger partial charge in [0.15, 0.2) is 11.2 Å². The molecule has 0 bridgehead atoms. The first kappa shape index (κ1) is 19.4. The molecule has 0 fully saturated rings. The number of aryl methyl sites for hydroxylation is 4.